The molecule has 16 heavy (non-hydrogen) atoms. The molecule has 0 aliphatic heterocycles. The summed E-state index contributed by atoms with van der Waals surface area (Å²) < 4.78 is 40.1. The minimum atomic E-state index is -4.23. The second-order valence-corrected chi connectivity index (χ2v) is 4.83. The minimum absolute atomic E-state index is 0.0999. The van der Waals surface area contributed by atoms with Crippen LogP contribution in [0.3, 0.4) is 0 Å². The standard InChI is InChI=1S/C8H7F3O3S2/c9-8(10,11)16-4-3-15-6-2-1-5(14-6)7(12)13/h1-2H,3-4H2,(H,12,13). The highest BCUT2D eigenvalue weighted by Crippen LogP contribution is 2.31. The number of hydrogen-bond acceptors (Lipinski definition) is 4. The van der Waals surface area contributed by atoms with Crippen LogP contribution in [0.5, 0.6) is 0 Å². The molecule has 0 saturated heterocycles. The molecular formula is C8H7F3O3S2. The van der Waals surface area contributed by atoms with Gasteiger partial charge in [-0.15, -0.1) is 0 Å². The van der Waals surface area contributed by atoms with Crippen molar-refractivity contribution in [1.29, 1.82) is 0 Å². The van der Waals surface area contributed by atoms with Gasteiger partial charge in [0.15, 0.2) is 5.09 Å². The Morgan fingerprint density at radius 3 is 2.56 bits per heavy atom. The van der Waals surface area contributed by atoms with E-state index in [0.29, 0.717) is 5.09 Å². The van der Waals surface area contributed by atoms with E-state index in [4.69, 9.17) is 9.52 Å². The SMILES string of the molecule is O=C(O)c1ccc(SCCSC(F)(F)F)o1. The normalized spacial score (nSPS) is 11.7. The van der Waals surface area contributed by atoms with Gasteiger partial charge in [0.2, 0.25) is 5.76 Å². The van der Waals surface area contributed by atoms with Crippen LogP contribution in [-0.2, 0) is 0 Å². The van der Waals surface area contributed by atoms with Crippen molar-refractivity contribution in [3.05, 3.63) is 17.9 Å². The molecule has 0 fully saturated rings. The number of carbonyl (C=O) groups is 1. The smallest absolute Gasteiger partial charge is 0.441 e. The molecule has 0 aliphatic carbocycles. The molecule has 1 heterocycles. The quantitative estimate of drug-likeness (QED) is 0.658. The highest BCUT2D eigenvalue weighted by Gasteiger charge is 2.27. The molecule has 0 aliphatic rings. The van der Waals surface area contributed by atoms with Gasteiger partial charge in [-0.2, -0.15) is 13.2 Å². The predicted molar refractivity (Wildman–Crippen MR) is 54.9 cm³/mol. The molecule has 0 radical (unpaired) electrons. The molecule has 1 N–H and O–H groups in total. The van der Waals surface area contributed by atoms with Gasteiger partial charge in [0.05, 0.1) is 0 Å². The van der Waals surface area contributed by atoms with Crippen molar-refractivity contribution in [2.75, 3.05) is 11.5 Å². The highest BCUT2D eigenvalue weighted by molar-refractivity contribution is 8.03. The maximum absolute atomic E-state index is 11.7. The summed E-state index contributed by atoms with van der Waals surface area (Å²) in [5.74, 6) is -1.31. The van der Waals surface area contributed by atoms with E-state index < -0.39 is 11.5 Å². The topological polar surface area (TPSA) is 50.4 Å². The van der Waals surface area contributed by atoms with E-state index in [1.165, 1.54) is 12.1 Å². The molecule has 0 atom stereocenters. The lowest BCUT2D eigenvalue weighted by atomic mass is 10.5. The van der Waals surface area contributed by atoms with Crippen molar-refractivity contribution < 1.29 is 27.5 Å². The number of carboxylic acid groups (broad SMARTS) is 1. The van der Waals surface area contributed by atoms with Gasteiger partial charge >= 0.3 is 11.5 Å². The lowest BCUT2D eigenvalue weighted by Gasteiger charge is -2.03. The molecule has 3 nitrogen and oxygen atoms in total. The van der Waals surface area contributed by atoms with E-state index >= 15 is 0 Å². The predicted octanol–water partition coefficient (Wildman–Crippen LogP) is 3.32. The molecule has 8 heteroatoms. The highest BCUT2D eigenvalue weighted by atomic mass is 32.2. The maximum atomic E-state index is 11.7. The van der Waals surface area contributed by atoms with Crippen molar-refractivity contribution >= 4 is 29.5 Å². The van der Waals surface area contributed by atoms with Gasteiger partial charge in [-0.05, 0) is 12.1 Å². The lowest BCUT2D eigenvalue weighted by molar-refractivity contribution is -0.0326. The first kappa shape index (κ1) is 13.3. The van der Waals surface area contributed by atoms with Crippen LogP contribution >= 0.6 is 23.5 Å². The molecule has 0 saturated carbocycles. The van der Waals surface area contributed by atoms with Crippen LogP contribution < -0.4 is 0 Å². The van der Waals surface area contributed by atoms with Gasteiger partial charge in [0.25, 0.3) is 0 Å². The van der Waals surface area contributed by atoms with Gasteiger partial charge < -0.3 is 9.52 Å². The summed E-state index contributed by atoms with van der Waals surface area (Å²) in [6.45, 7) is 0. The average molecular weight is 272 g/mol. The van der Waals surface area contributed by atoms with Crippen molar-refractivity contribution in [3.63, 3.8) is 0 Å². The van der Waals surface area contributed by atoms with E-state index in [1.54, 1.807) is 0 Å². The molecule has 1 aromatic heterocycles. The van der Waals surface area contributed by atoms with Crippen molar-refractivity contribution in [2.24, 2.45) is 0 Å². The lowest BCUT2D eigenvalue weighted by Crippen LogP contribution is -2.02. The summed E-state index contributed by atoms with van der Waals surface area (Å²) in [4.78, 5) is 10.4. The number of thioether (sulfide) groups is 2. The second kappa shape index (κ2) is 5.53. The largest absolute Gasteiger partial charge is 0.475 e. The Hall–Kier alpha value is -0.760. The Morgan fingerprint density at radius 2 is 2.06 bits per heavy atom. The number of hydrogen-bond donors (Lipinski definition) is 1. The number of aromatic carboxylic acids is 1. The number of rotatable bonds is 5. The van der Waals surface area contributed by atoms with E-state index in [2.05, 4.69) is 0 Å². The monoisotopic (exact) mass is 272 g/mol. The van der Waals surface area contributed by atoms with E-state index in [-0.39, 0.29) is 29.0 Å². The third-order valence-corrected chi connectivity index (χ3v) is 3.29. The molecule has 90 valence electrons. The van der Waals surface area contributed by atoms with Crippen LogP contribution in [0.2, 0.25) is 0 Å². The molecular weight excluding hydrogens is 265 g/mol. The third kappa shape index (κ3) is 4.84. The molecule has 0 amide bonds. The van der Waals surface area contributed by atoms with E-state index in [1.807, 2.05) is 0 Å². The first-order chi connectivity index (χ1) is 7.38. The van der Waals surface area contributed by atoms with Crippen molar-refractivity contribution in [3.8, 4) is 0 Å². The molecule has 1 aromatic rings. The van der Waals surface area contributed by atoms with Gasteiger partial charge in [0, 0.05) is 11.5 Å². The fourth-order valence-corrected chi connectivity index (χ4v) is 2.22. The molecule has 0 spiro atoms. The Kier molecular flexibility index (Phi) is 4.60. The first-order valence-electron chi connectivity index (χ1n) is 4.05. The summed E-state index contributed by atoms with van der Waals surface area (Å²) in [5, 5.41) is 8.83. The maximum Gasteiger partial charge on any atom is 0.441 e. The summed E-state index contributed by atoms with van der Waals surface area (Å²) in [6.07, 6.45) is 0. The van der Waals surface area contributed by atoms with Crippen LogP contribution in [0.4, 0.5) is 13.2 Å². The first-order valence-corrected chi connectivity index (χ1v) is 6.02. The number of halogens is 3. The molecule has 1 rings (SSSR count). The average Bonchev–Trinajstić information content (AvgIpc) is 2.59. The fourth-order valence-electron chi connectivity index (χ4n) is 0.812. The van der Waals surface area contributed by atoms with Gasteiger partial charge in [0.1, 0.15) is 0 Å². The van der Waals surface area contributed by atoms with Gasteiger partial charge in [-0.25, -0.2) is 4.79 Å². The summed E-state index contributed by atoms with van der Waals surface area (Å²) in [5.41, 5.74) is -4.23. The number of alkyl halides is 3. The van der Waals surface area contributed by atoms with Crippen molar-refractivity contribution in [1.82, 2.24) is 0 Å². The zero-order valence-corrected chi connectivity index (χ0v) is 9.42. The van der Waals surface area contributed by atoms with E-state index in [9.17, 15) is 18.0 Å². The second-order valence-electron chi connectivity index (χ2n) is 2.57. The Morgan fingerprint density at radius 1 is 1.38 bits per heavy atom. The van der Waals surface area contributed by atoms with Crippen LogP contribution in [0.25, 0.3) is 0 Å². The molecule has 0 unspecified atom stereocenters. The number of furan rings is 1. The molecule has 0 bridgehead atoms. The third-order valence-electron chi connectivity index (χ3n) is 1.39. The summed E-state index contributed by atoms with van der Waals surface area (Å²) in [7, 11) is 0. The molecule has 0 aromatic carbocycles. The summed E-state index contributed by atoms with van der Waals surface area (Å²) in [6, 6.07) is 2.69. The number of carboxylic acids is 1. The zero-order chi connectivity index (χ0) is 12.2. The Balaban J connectivity index is 2.30. The Bertz CT molecular complexity index is 362. The van der Waals surface area contributed by atoms with Crippen LogP contribution in [0.15, 0.2) is 21.6 Å². The van der Waals surface area contributed by atoms with Crippen LogP contribution in [0.1, 0.15) is 10.6 Å². The fraction of sp³-hybridized carbons (Fsp3) is 0.375. The van der Waals surface area contributed by atoms with Gasteiger partial charge in [-0.1, -0.05) is 23.5 Å². The van der Waals surface area contributed by atoms with Crippen LogP contribution in [0, 0.1) is 0 Å². The van der Waals surface area contributed by atoms with Gasteiger partial charge in [-0.3, -0.25) is 0 Å². The Labute approximate surface area is 97.4 Å². The zero-order valence-electron chi connectivity index (χ0n) is 7.78. The van der Waals surface area contributed by atoms with Crippen molar-refractivity contribution in [2.45, 2.75) is 10.6 Å². The van der Waals surface area contributed by atoms with E-state index in [0.717, 1.165) is 11.8 Å². The van der Waals surface area contributed by atoms with Crippen LogP contribution in [-0.4, -0.2) is 28.1 Å². The minimum Gasteiger partial charge on any atom is -0.475 e. The summed E-state index contributed by atoms with van der Waals surface area (Å²) >= 11 is 0.936.